The number of nitrogens with zero attached hydrogens (tertiary/aromatic N) is 2. The first-order valence-electron chi connectivity index (χ1n) is 7.10. The van der Waals surface area contributed by atoms with Gasteiger partial charge >= 0.3 is 0 Å². The fourth-order valence-electron chi connectivity index (χ4n) is 2.69. The van der Waals surface area contributed by atoms with Gasteiger partial charge in [0.15, 0.2) is 0 Å². The molecule has 0 saturated heterocycles. The molecular formula is C18H16N2O. The number of nitriles is 1. The highest BCUT2D eigenvalue weighted by Gasteiger charge is 2.20. The summed E-state index contributed by atoms with van der Waals surface area (Å²) < 4.78 is 0. The van der Waals surface area contributed by atoms with Crippen molar-refractivity contribution in [3.63, 3.8) is 0 Å². The predicted molar refractivity (Wildman–Crippen MR) is 80.4 cm³/mol. The van der Waals surface area contributed by atoms with Gasteiger partial charge in [0.1, 0.15) is 0 Å². The second kappa shape index (κ2) is 5.80. The smallest absolute Gasteiger partial charge is 0.227 e. The van der Waals surface area contributed by atoms with Crippen molar-refractivity contribution < 1.29 is 4.79 Å². The maximum Gasteiger partial charge on any atom is 0.227 e. The lowest BCUT2D eigenvalue weighted by Crippen LogP contribution is -2.36. The topological polar surface area (TPSA) is 44.1 Å². The van der Waals surface area contributed by atoms with Crippen LogP contribution >= 0.6 is 0 Å². The molecule has 3 nitrogen and oxygen atoms in total. The number of hydrogen-bond donors (Lipinski definition) is 0. The molecule has 104 valence electrons. The van der Waals surface area contributed by atoms with Gasteiger partial charge in [0.05, 0.1) is 18.1 Å². The van der Waals surface area contributed by atoms with Crippen molar-refractivity contribution in [3.05, 3.63) is 70.8 Å². The molecule has 0 aromatic heterocycles. The van der Waals surface area contributed by atoms with Crippen LogP contribution in [-0.4, -0.2) is 17.4 Å². The first-order valence-corrected chi connectivity index (χ1v) is 7.10. The lowest BCUT2D eigenvalue weighted by atomic mass is 9.99. The molecule has 0 fully saturated rings. The van der Waals surface area contributed by atoms with Gasteiger partial charge in [-0.15, -0.1) is 0 Å². The summed E-state index contributed by atoms with van der Waals surface area (Å²) in [6.07, 6.45) is 1.32. The zero-order valence-corrected chi connectivity index (χ0v) is 11.7. The summed E-state index contributed by atoms with van der Waals surface area (Å²) >= 11 is 0. The van der Waals surface area contributed by atoms with E-state index in [-0.39, 0.29) is 5.91 Å². The molecule has 1 aliphatic rings. The summed E-state index contributed by atoms with van der Waals surface area (Å²) in [6.45, 7) is 1.48. The number of fused-ring (bicyclic) bond motifs is 1. The summed E-state index contributed by atoms with van der Waals surface area (Å²) in [5.74, 6) is 0.147. The van der Waals surface area contributed by atoms with Crippen molar-refractivity contribution in [2.45, 2.75) is 19.4 Å². The minimum Gasteiger partial charge on any atom is -0.338 e. The van der Waals surface area contributed by atoms with Crippen LogP contribution < -0.4 is 0 Å². The molecule has 2 aromatic carbocycles. The summed E-state index contributed by atoms with van der Waals surface area (Å²) in [7, 11) is 0. The van der Waals surface area contributed by atoms with E-state index in [1.807, 2.05) is 29.2 Å². The van der Waals surface area contributed by atoms with E-state index in [2.05, 4.69) is 18.2 Å². The fourth-order valence-corrected chi connectivity index (χ4v) is 2.69. The number of rotatable bonds is 2. The van der Waals surface area contributed by atoms with Gasteiger partial charge in [-0.3, -0.25) is 4.79 Å². The van der Waals surface area contributed by atoms with Crippen LogP contribution in [0.4, 0.5) is 0 Å². The minimum absolute atomic E-state index is 0.147. The van der Waals surface area contributed by atoms with Crippen molar-refractivity contribution in [1.82, 2.24) is 4.90 Å². The van der Waals surface area contributed by atoms with E-state index >= 15 is 0 Å². The Morgan fingerprint density at radius 1 is 1.10 bits per heavy atom. The number of hydrogen-bond acceptors (Lipinski definition) is 2. The van der Waals surface area contributed by atoms with Crippen LogP contribution in [0.5, 0.6) is 0 Å². The Bertz CT molecular complexity index is 698. The minimum atomic E-state index is 0.147. The molecule has 3 heteroatoms. The van der Waals surface area contributed by atoms with Crippen LogP contribution in [0.1, 0.15) is 22.3 Å². The van der Waals surface area contributed by atoms with Crippen LogP contribution in [0.3, 0.4) is 0 Å². The van der Waals surface area contributed by atoms with Crippen molar-refractivity contribution >= 4 is 5.91 Å². The van der Waals surface area contributed by atoms with Gasteiger partial charge in [-0.1, -0.05) is 36.4 Å². The molecule has 0 spiro atoms. The standard InChI is InChI=1S/C18H16N2O/c19-12-15-7-5-14(6-8-15)11-18(21)20-10-9-16-3-1-2-4-17(16)13-20/h1-8H,9-11,13H2. The number of carbonyl (C=O) groups excluding carboxylic acids is 1. The van der Waals surface area contributed by atoms with Crippen molar-refractivity contribution in [2.24, 2.45) is 0 Å². The molecule has 1 amide bonds. The quantitative estimate of drug-likeness (QED) is 0.846. The number of carbonyl (C=O) groups is 1. The van der Waals surface area contributed by atoms with E-state index in [0.29, 0.717) is 18.5 Å². The molecular weight excluding hydrogens is 260 g/mol. The molecule has 0 radical (unpaired) electrons. The molecule has 0 atom stereocenters. The number of amides is 1. The predicted octanol–water partition coefficient (Wildman–Crippen LogP) is 2.69. The van der Waals surface area contributed by atoms with E-state index in [4.69, 9.17) is 5.26 Å². The molecule has 1 heterocycles. The average molecular weight is 276 g/mol. The Morgan fingerprint density at radius 3 is 2.52 bits per heavy atom. The summed E-state index contributed by atoms with van der Waals surface area (Å²) in [6, 6.07) is 17.6. The second-order valence-electron chi connectivity index (χ2n) is 5.32. The van der Waals surface area contributed by atoms with Gasteiger partial charge in [0.25, 0.3) is 0 Å². The SMILES string of the molecule is N#Cc1ccc(CC(=O)N2CCc3ccccc3C2)cc1. The largest absolute Gasteiger partial charge is 0.338 e. The maximum atomic E-state index is 12.4. The van der Waals surface area contributed by atoms with Gasteiger partial charge in [0, 0.05) is 13.1 Å². The molecule has 0 aliphatic carbocycles. The zero-order chi connectivity index (χ0) is 14.7. The van der Waals surface area contributed by atoms with Gasteiger partial charge in [-0.05, 0) is 35.2 Å². The lowest BCUT2D eigenvalue weighted by molar-refractivity contribution is -0.131. The third kappa shape index (κ3) is 2.95. The molecule has 3 rings (SSSR count). The van der Waals surface area contributed by atoms with Gasteiger partial charge < -0.3 is 4.90 Å². The molecule has 1 aliphatic heterocycles. The van der Waals surface area contributed by atoms with E-state index in [1.165, 1.54) is 11.1 Å². The first kappa shape index (κ1) is 13.4. The summed E-state index contributed by atoms with van der Waals surface area (Å²) in [5.41, 5.74) is 4.17. The van der Waals surface area contributed by atoms with Crippen LogP contribution in [0.15, 0.2) is 48.5 Å². The third-order valence-corrected chi connectivity index (χ3v) is 3.92. The fraction of sp³-hybridized carbons (Fsp3) is 0.222. The highest BCUT2D eigenvalue weighted by atomic mass is 16.2. The average Bonchev–Trinajstić information content (AvgIpc) is 2.55. The molecule has 0 bridgehead atoms. The maximum absolute atomic E-state index is 12.4. The van der Waals surface area contributed by atoms with Crippen LogP contribution in [0.2, 0.25) is 0 Å². The van der Waals surface area contributed by atoms with Crippen molar-refractivity contribution in [3.8, 4) is 6.07 Å². The van der Waals surface area contributed by atoms with Crippen LogP contribution in [0.25, 0.3) is 0 Å². The van der Waals surface area contributed by atoms with E-state index in [1.54, 1.807) is 12.1 Å². The summed E-state index contributed by atoms with van der Waals surface area (Å²) in [4.78, 5) is 14.3. The van der Waals surface area contributed by atoms with Gasteiger partial charge in [0.2, 0.25) is 5.91 Å². The highest BCUT2D eigenvalue weighted by Crippen LogP contribution is 2.19. The van der Waals surface area contributed by atoms with Gasteiger partial charge in [-0.2, -0.15) is 5.26 Å². The molecule has 21 heavy (non-hydrogen) atoms. The Labute approximate surface area is 124 Å². The van der Waals surface area contributed by atoms with Crippen molar-refractivity contribution in [1.29, 1.82) is 5.26 Å². The lowest BCUT2D eigenvalue weighted by Gasteiger charge is -2.29. The first-order chi connectivity index (χ1) is 10.3. The van der Waals surface area contributed by atoms with Crippen LogP contribution in [0, 0.1) is 11.3 Å². The van der Waals surface area contributed by atoms with Crippen LogP contribution in [-0.2, 0) is 24.2 Å². The monoisotopic (exact) mass is 276 g/mol. The van der Waals surface area contributed by atoms with Crippen molar-refractivity contribution in [2.75, 3.05) is 6.54 Å². The zero-order valence-electron chi connectivity index (χ0n) is 11.7. The van der Waals surface area contributed by atoms with E-state index in [9.17, 15) is 4.79 Å². The normalized spacial score (nSPS) is 13.4. The Balaban J connectivity index is 1.68. The highest BCUT2D eigenvalue weighted by molar-refractivity contribution is 5.79. The molecule has 2 aromatic rings. The molecule has 0 unspecified atom stereocenters. The Kier molecular flexibility index (Phi) is 3.70. The number of benzene rings is 2. The third-order valence-electron chi connectivity index (χ3n) is 3.92. The van der Waals surface area contributed by atoms with E-state index in [0.717, 1.165) is 18.5 Å². The molecule has 0 N–H and O–H groups in total. The molecule has 0 saturated carbocycles. The van der Waals surface area contributed by atoms with Gasteiger partial charge in [-0.25, -0.2) is 0 Å². The summed E-state index contributed by atoms with van der Waals surface area (Å²) in [5, 5.41) is 8.78. The Hall–Kier alpha value is -2.60. The second-order valence-corrected chi connectivity index (χ2v) is 5.32. The Morgan fingerprint density at radius 2 is 1.81 bits per heavy atom. The van der Waals surface area contributed by atoms with E-state index < -0.39 is 0 Å².